The van der Waals surface area contributed by atoms with Crippen LogP contribution in [0.1, 0.15) is 11.7 Å². The molecular weight excluding hydrogens is 224 g/mol. The topological polar surface area (TPSA) is 102 Å². The lowest BCUT2D eigenvalue weighted by Gasteiger charge is -2.16. The summed E-state index contributed by atoms with van der Waals surface area (Å²) in [5.74, 6) is -0.467. The number of oxazole rings is 1. The number of hydrogen-bond donors (Lipinski definition) is 3. The Bertz CT molecular complexity index is 587. The number of nitrogens with two attached hydrogens (primary N) is 1. The zero-order valence-electron chi connectivity index (χ0n) is 9.33. The molecule has 92 valence electrons. The van der Waals surface area contributed by atoms with Crippen molar-refractivity contribution in [3.8, 4) is 0 Å². The van der Waals surface area contributed by atoms with E-state index in [1.54, 1.807) is 25.2 Å². The predicted octanol–water partition coefficient (Wildman–Crippen LogP) is -0.516. The lowest BCUT2D eigenvalue weighted by atomic mass is 10.0. The van der Waals surface area contributed by atoms with Gasteiger partial charge in [-0.2, -0.15) is 0 Å². The van der Waals surface area contributed by atoms with Crippen molar-refractivity contribution in [2.45, 2.75) is 12.2 Å². The van der Waals surface area contributed by atoms with E-state index in [0.29, 0.717) is 16.7 Å². The van der Waals surface area contributed by atoms with Gasteiger partial charge in [0.05, 0.1) is 11.6 Å². The molecule has 0 bridgehead atoms. The van der Waals surface area contributed by atoms with Gasteiger partial charge in [-0.3, -0.25) is 4.57 Å². The largest absolute Gasteiger partial charge is 0.419 e. The molecule has 0 amide bonds. The van der Waals surface area contributed by atoms with Crippen LogP contribution < -0.4 is 11.5 Å². The lowest BCUT2D eigenvalue weighted by Crippen LogP contribution is -2.27. The maximum Gasteiger partial charge on any atom is 0.419 e. The van der Waals surface area contributed by atoms with E-state index in [1.807, 2.05) is 0 Å². The van der Waals surface area contributed by atoms with E-state index in [0.717, 1.165) is 0 Å². The van der Waals surface area contributed by atoms with Gasteiger partial charge >= 0.3 is 5.76 Å². The third-order valence-corrected chi connectivity index (χ3v) is 2.76. The number of benzene rings is 1. The Morgan fingerprint density at radius 1 is 1.47 bits per heavy atom. The summed E-state index contributed by atoms with van der Waals surface area (Å²) in [7, 11) is 1.57. The second kappa shape index (κ2) is 4.33. The van der Waals surface area contributed by atoms with Gasteiger partial charge in [-0.1, -0.05) is 6.07 Å². The second-order valence-electron chi connectivity index (χ2n) is 3.90. The molecule has 0 fully saturated rings. The molecule has 0 radical (unpaired) electrons. The summed E-state index contributed by atoms with van der Waals surface area (Å²) in [6, 6.07) is 4.77. The number of aliphatic hydroxyl groups excluding tert-OH is 2. The molecule has 0 saturated heterocycles. The van der Waals surface area contributed by atoms with Crippen molar-refractivity contribution in [2.75, 3.05) is 6.54 Å². The number of hydrogen-bond acceptors (Lipinski definition) is 5. The quantitative estimate of drug-likeness (QED) is 0.668. The fraction of sp³-hybridized carbons (Fsp3) is 0.364. The van der Waals surface area contributed by atoms with Crippen LogP contribution >= 0.6 is 0 Å². The number of aromatic nitrogens is 1. The summed E-state index contributed by atoms with van der Waals surface area (Å²) in [5.41, 5.74) is 6.77. The predicted molar refractivity (Wildman–Crippen MR) is 61.5 cm³/mol. The minimum atomic E-state index is -1.07. The van der Waals surface area contributed by atoms with Gasteiger partial charge in [0.25, 0.3) is 0 Å². The third-order valence-electron chi connectivity index (χ3n) is 2.76. The fourth-order valence-corrected chi connectivity index (χ4v) is 1.68. The zero-order chi connectivity index (χ0) is 12.6. The molecule has 2 rings (SSSR count). The van der Waals surface area contributed by atoms with E-state index >= 15 is 0 Å². The van der Waals surface area contributed by atoms with Crippen LogP contribution in [-0.2, 0) is 7.05 Å². The van der Waals surface area contributed by atoms with Crippen LogP contribution in [0.15, 0.2) is 27.4 Å². The molecule has 6 nitrogen and oxygen atoms in total. The first-order chi connectivity index (χ1) is 8.04. The average molecular weight is 238 g/mol. The summed E-state index contributed by atoms with van der Waals surface area (Å²) in [6.07, 6.45) is -2.11. The van der Waals surface area contributed by atoms with Crippen molar-refractivity contribution in [2.24, 2.45) is 12.8 Å². The second-order valence-corrected chi connectivity index (χ2v) is 3.90. The summed E-state index contributed by atoms with van der Waals surface area (Å²) in [4.78, 5) is 11.3. The van der Waals surface area contributed by atoms with Gasteiger partial charge in [-0.15, -0.1) is 0 Å². The highest BCUT2D eigenvalue weighted by molar-refractivity contribution is 5.73. The van der Waals surface area contributed by atoms with Crippen LogP contribution in [-0.4, -0.2) is 27.4 Å². The van der Waals surface area contributed by atoms with Crippen molar-refractivity contribution in [1.29, 1.82) is 0 Å². The molecule has 2 aromatic rings. The molecule has 0 aliphatic heterocycles. The van der Waals surface area contributed by atoms with Crippen LogP contribution in [0.3, 0.4) is 0 Å². The van der Waals surface area contributed by atoms with Gasteiger partial charge in [0.15, 0.2) is 5.58 Å². The summed E-state index contributed by atoms with van der Waals surface area (Å²) in [5, 5.41) is 19.3. The molecule has 0 aliphatic carbocycles. The minimum absolute atomic E-state index is 0.0382. The molecule has 6 heteroatoms. The molecule has 17 heavy (non-hydrogen) atoms. The Morgan fingerprint density at radius 2 is 2.18 bits per heavy atom. The van der Waals surface area contributed by atoms with Crippen molar-refractivity contribution in [1.82, 2.24) is 4.57 Å². The molecule has 0 saturated carbocycles. The van der Waals surface area contributed by atoms with E-state index in [2.05, 4.69) is 0 Å². The van der Waals surface area contributed by atoms with Gasteiger partial charge in [-0.05, 0) is 17.7 Å². The molecule has 1 aromatic carbocycles. The number of nitrogens with zero attached hydrogens (tertiary/aromatic N) is 1. The maximum absolute atomic E-state index is 11.3. The third kappa shape index (κ3) is 1.97. The first kappa shape index (κ1) is 11.8. The van der Waals surface area contributed by atoms with Gasteiger partial charge in [0.2, 0.25) is 0 Å². The van der Waals surface area contributed by atoms with E-state index in [1.165, 1.54) is 4.57 Å². The molecule has 2 unspecified atom stereocenters. The lowest BCUT2D eigenvalue weighted by molar-refractivity contribution is 0.0244. The van der Waals surface area contributed by atoms with Crippen LogP contribution in [0.4, 0.5) is 0 Å². The van der Waals surface area contributed by atoms with Gasteiger partial charge in [0, 0.05) is 13.6 Å². The van der Waals surface area contributed by atoms with E-state index in [-0.39, 0.29) is 6.54 Å². The van der Waals surface area contributed by atoms with Crippen LogP contribution in [0.5, 0.6) is 0 Å². The molecule has 1 heterocycles. The molecule has 4 N–H and O–H groups in total. The van der Waals surface area contributed by atoms with Crippen LogP contribution in [0, 0.1) is 0 Å². The Hall–Kier alpha value is -1.63. The number of rotatable bonds is 3. The van der Waals surface area contributed by atoms with Gasteiger partial charge in [-0.25, -0.2) is 4.79 Å². The van der Waals surface area contributed by atoms with Gasteiger partial charge < -0.3 is 20.4 Å². The van der Waals surface area contributed by atoms with E-state index in [9.17, 15) is 15.0 Å². The highest BCUT2D eigenvalue weighted by Crippen LogP contribution is 2.21. The first-order valence-corrected chi connectivity index (χ1v) is 5.20. The smallest absolute Gasteiger partial charge is 0.408 e. The Morgan fingerprint density at radius 3 is 2.82 bits per heavy atom. The molecule has 0 spiro atoms. The number of fused-ring (bicyclic) bond motifs is 1. The molecule has 0 aliphatic rings. The SMILES string of the molecule is Cn1c(=O)oc2ccc(C(O)C(O)CN)cc21. The molecule has 2 atom stereocenters. The normalized spacial score (nSPS) is 15.1. The summed E-state index contributed by atoms with van der Waals surface area (Å²) >= 11 is 0. The van der Waals surface area contributed by atoms with Gasteiger partial charge in [0.1, 0.15) is 6.10 Å². The van der Waals surface area contributed by atoms with E-state index in [4.69, 9.17) is 10.2 Å². The highest BCUT2D eigenvalue weighted by atomic mass is 16.4. The molecular formula is C11H14N2O4. The van der Waals surface area contributed by atoms with Crippen LogP contribution in [0.25, 0.3) is 11.1 Å². The van der Waals surface area contributed by atoms with Crippen molar-refractivity contribution < 1.29 is 14.6 Å². The van der Waals surface area contributed by atoms with Crippen molar-refractivity contribution >= 4 is 11.1 Å². The minimum Gasteiger partial charge on any atom is -0.408 e. The number of aliphatic hydroxyl groups is 2. The Kier molecular flexibility index (Phi) is 3.01. The Labute approximate surface area is 96.9 Å². The van der Waals surface area contributed by atoms with E-state index < -0.39 is 18.0 Å². The monoisotopic (exact) mass is 238 g/mol. The first-order valence-electron chi connectivity index (χ1n) is 5.20. The summed E-state index contributed by atoms with van der Waals surface area (Å²) < 4.78 is 6.29. The highest BCUT2D eigenvalue weighted by Gasteiger charge is 2.18. The fourth-order valence-electron chi connectivity index (χ4n) is 1.68. The van der Waals surface area contributed by atoms with Crippen LogP contribution in [0.2, 0.25) is 0 Å². The standard InChI is InChI=1S/C11H14N2O4/c1-13-7-4-6(10(15)8(14)5-12)2-3-9(7)17-11(13)16/h2-4,8,10,14-15H,5,12H2,1H3. The van der Waals surface area contributed by atoms with Crippen molar-refractivity contribution in [3.05, 3.63) is 34.3 Å². The van der Waals surface area contributed by atoms with Crippen molar-refractivity contribution in [3.63, 3.8) is 0 Å². The zero-order valence-corrected chi connectivity index (χ0v) is 9.33. The average Bonchev–Trinajstić information content (AvgIpc) is 2.63. The number of aryl methyl sites for hydroxylation is 1. The summed E-state index contributed by atoms with van der Waals surface area (Å²) in [6.45, 7) is -0.0382. The Balaban J connectivity index is 2.50. The maximum atomic E-state index is 11.3. The molecule has 1 aromatic heterocycles.